The maximum absolute atomic E-state index is 12.6. The number of esters is 1. The molecule has 3 saturated carbocycles. The number of carbonyl (C=O) groups is 3. The van der Waals surface area contributed by atoms with Gasteiger partial charge in [0, 0.05) is 23.7 Å². The van der Waals surface area contributed by atoms with Crippen molar-refractivity contribution in [1.82, 2.24) is 0 Å². The number of fused-ring (bicyclic) bond motifs is 5. The van der Waals surface area contributed by atoms with Gasteiger partial charge in [-0.1, -0.05) is 31.0 Å². The Balaban J connectivity index is 1.79. The highest BCUT2D eigenvalue weighted by Crippen LogP contribution is 2.68. The van der Waals surface area contributed by atoms with Crippen molar-refractivity contribution in [3.05, 3.63) is 22.4 Å². The van der Waals surface area contributed by atoms with Gasteiger partial charge in [-0.2, -0.15) is 0 Å². The number of Topliss-reactive ketones (excluding diaryl/α,β-unsaturated/α-hetero) is 1. The van der Waals surface area contributed by atoms with Crippen molar-refractivity contribution >= 4 is 29.1 Å². The Morgan fingerprint density at radius 3 is 2.58 bits per heavy atom. The van der Waals surface area contributed by atoms with Crippen molar-refractivity contribution in [3.63, 3.8) is 0 Å². The Labute approximate surface area is 186 Å². The van der Waals surface area contributed by atoms with E-state index in [0.29, 0.717) is 19.3 Å². The van der Waals surface area contributed by atoms with Crippen molar-refractivity contribution in [2.24, 2.45) is 28.6 Å². The van der Waals surface area contributed by atoms with E-state index in [0.717, 1.165) is 5.57 Å². The van der Waals surface area contributed by atoms with Gasteiger partial charge in [-0.3, -0.25) is 14.4 Å². The third-order valence-corrected chi connectivity index (χ3v) is 9.29. The number of allylic oxidation sites excluding steroid dienone is 3. The Morgan fingerprint density at radius 1 is 1.29 bits per heavy atom. The number of hydrogen-bond donors (Lipinski definition) is 3. The Kier molecular flexibility index (Phi) is 5.29. The molecular weight excluding hydrogens is 424 g/mol. The zero-order valence-electron chi connectivity index (χ0n) is 18.0. The van der Waals surface area contributed by atoms with Gasteiger partial charge in [-0.15, -0.1) is 0 Å². The first-order chi connectivity index (χ1) is 14.4. The van der Waals surface area contributed by atoms with Gasteiger partial charge >= 0.3 is 5.97 Å². The highest BCUT2D eigenvalue weighted by Gasteiger charge is 2.69. The van der Waals surface area contributed by atoms with E-state index in [-0.39, 0.29) is 41.4 Å². The molecule has 0 bridgehead atoms. The number of halogens is 1. The number of hydrogen-bond acceptors (Lipinski definition) is 7. The molecule has 170 valence electrons. The molecule has 31 heavy (non-hydrogen) atoms. The topological polar surface area (TPSA) is 121 Å². The maximum atomic E-state index is 12.6. The van der Waals surface area contributed by atoms with Gasteiger partial charge < -0.3 is 20.1 Å². The second kappa shape index (κ2) is 7.24. The zero-order chi connectivity index (χ0) is 22.9. The number of rotatable bonds is 3. The van der Waals surface area contributed by atoms with Crippen molar-refractivity contribution in [2.45, 2.75) is 64.6 Å². The van der Waals surface area contributed by atoms with Crippen LogP contribution in [0.2, 0.25) is 0 Å². The van der Waals surface area contributed by atoms with E-state index < -0.39 is 46.7 Å². The van der Waals surface area contributed by atoms with Crippen LogP contribution < -0.4 is 0 Å². The summed E-state index contributed by atoms with van der Waals surface area (Å²) in [4.78, 5) is 36.6. The van der Waals surface area contributed by atoms with Crippen molar-refractivity contribution in [1.29, 1.82) is 0 Å². The summed E-state index contributed by atoms with van der Waals surface area (Å²) in [6.45, 7) is 4.17. The first kappa shape index (κ1) is 22.6. The first-order valence-corrected chi connectivity index (χ1v) is 11.2. The van der Waals surface area contributed by atoms with Gasteiger partial charge in [0.05, 0.1) is 11.1 Å². The first-order valence-electron chi connectivity index (χ1n) is 10.8. The van der Waals surface area contributed by atoms with Crippen LogP contribution in [0.15, 0.2) is 22.4 Å². The summed E-state index contributed by atoms with van der Waals surface area (Å²) >= 11 is 6.72. The monoisotopic (exact) mass is 452 g/mol. The van der Waals surface area contributed by atoms with E-state index in [2.05, 4.69) is 0 Å². The van der Waals surface area contributed by atoms with E-state index in [9.17, 15) is 29.7 Å². The van der Waals surface area contributed by atoms with Crippen molar-refractivity contribution in [3.8, 4) is 0 Å². The third-order valence-electron chi connectivity index (χ3n) is 8.72. The molecule has 0 heterocycles. The van der Waals surface area contributed by atoms with Crippen LogP contribution >= 0.6 is 11.6 Å². The second-order valence-corrected chi connectivity index (χ2v) is 10.4. The Morgan fingerprint density at radius 2 is 1.97 bits per heavy atom. The zero-order valence-corrected chi connectivity index (χ0v) is 18.7. The summed E-state index contributed by atoms with van der Waals surface area (Å²) in [6, 6.07) is 0. The van der Waals surface area contributed by atoms with E-state index in [4.69, 9.17) is 16.3 Å². The lowest BCUT2D eigenvalue weighted by Gasteiger charge is -2.60. The quantitative estimate of drug-likeness (QED) is 0.560. The fourth-order valence-corrected chi connectivity index (χ4v) is 7.65. The second-order valence-electron chi connectivity index (χ2n) is 9.98. The van der Waals surface area contributed by atoms with Crippen LogP contribution in [0.4, 0.5) is 0 Å². The minimum absolute atomic E-state index is 0.0564. The Bertz CT molecular complexity index is 923. The fourth-order valence-electron chi connectivity index (χ4n) is 7.27. The SMILES string of the molecule is CC(=O)OC1=C(Cl)[C@@]2(C)C(=CC1=O)CC[C@@H]1[C@@H]2[C@@H](O)C[C@@]2(C)[C@H]1CC[C@]2(O)C(=O)CO. The van der Waals surface area contributed by atoms with Crippen LogP contribution in [-0.4, -0.2) is 51.2 Å². The summed E-state index contributed by atoms with van der Waals surface area (Å²) in [6.07, 6.45) is 2.84. The highest BCUT2D eigenvalue weighted by atomic mass is 35.5. The number of ether oxygens (including phenoxy) is 1. The summed E-state index contributed by atoms with van der Waals surface area (Å²) in [5.41, 5.74) is -2.63. The van der Waals surface area contributed by atoms with E-state index in [1.54, 1.807) is 0 Å². The van der Waals surface area contributed by atoms with Crippen molar-refractivity contribution in [2.75, 3.05) is 6.61 Å². The predicted octanol–water partition coefficient (Wildman–Crippen LogP) is 2.01. The van der Waals surface area contributed by atoms with Crippen LogP contribution in [-0.2, 0) is 19.1 Å². The average molecular weight is 453 g/mol. The molecule has 4 rings (SSSR count). The number of aliphatic hydroxyl groups excluding tert-OH is 2. The standard InChI is InChI=1S/C23H29ClO7/c1-11(26)31-19-15(27)8-12-4-5-13-14-6-7-23(30,17(29)10-25)21(14,2)9-16(28)18(13)22(12,3)20(19)24/h8,13-14,16,18,25,28,30H,4-7,9-10H2,1-3H3/t13-,14-,16-,18+,21-,22-,23-/m0/s1. The Hall–Kier alpha value is -1.54. The molecule has 3 N–H and O–H groups in total. The molecule has 0 unspecified atom stereocenters. The maximum Gasteiger partial charge on any atom is 0.308 e. The molecule has 0 aromatic rings. The molecule has 4 aliphatic carbocycles. The molecule has 7 atom stereocenters. The largest absolute Gasteiger partial charge is 0.421 e. The van der Waals surface area contributed by atoms with Gasteiger partial charge in [0.15, 0.2) is 11.5 Å². The number of carbonyl (C=O) groups excluding carboxylic acids is 3. The van der Waals surface area contributed by atoms with E-state index in [1.807, 2.05) is 13.8 Å². The molecular formula is C23H29ClO7. The van der Waals surface area contributed by atoms with Gasteiger partial charge in [-0.25, -0.2) is 0 Å². The van der Waals surface area contributed by atoms with Gasteiger partial charge in [0.25, 0.3) is 0 Å². The summed E-state index contributed by atoms with van der Waals surface area (Å²) in [5.74, 6) is -2.37. The summed E-state index contributed by atoms with van der Waals surface area (Å²) in [5, 5.41) is 32.2. The number of ketones is 2. The average Bonchev–Trinajstić information content (AvgIpc) is 2.97. The molecule has 3 fully saturated rings. The lowest BCUT2D eigenvalue weighted by atomic mass is 9.46. The third kappa shape index (κ3) is 2.86. The van der Waals surface area contributed by atoms with E-state index >= 15 is 0 Å². The van der Waals surface area contributed by atoms with Crippen LogP contribution in [0.5, 0.6) is 0 Å². The lowest BCUT2D eigenvalue weighted by Crippen LogP contribution is -2.62. The van der Waals surface area contributed by atoms with Crippen LogP contribution in [0.25, 0.3) is 0 Å². The molecule has 0 aromatic carbocycles. The predicted molar refractivity (Wildman–Crippen MR) is 111 cm³/mol. The van der Waals surface area contributed by atoms with Crippen LogP contribution in [0.1, 0.15) is 52.9 Å². The molecule has 0 saturated heterocycles. The fraction of sp³-hybridized carbons (Fsp3) is 0.696. The highest BCUT2D eigenvalue weighted by molar-refractivity contribution is 6.34. The van der Waals surface area contributed by atoms with E-state index in [1.165, 1.54) is 13.0 Å². The van der Waals surface area contributed by atoms with Gasteiger partial charge in [-0.05, 0) is 50.0 Å². The minimum Gasteiger partial charge on any atom is -0.421 e. The van der Waals surface area contributed by atoms with Crippen LogP contribution in [0, 0.1) is 28.6 Å². The van der Waals surface area contributed by atoms with Gasteiger partial charge in [0.2, 0.25) is 5.78 Å². The summed E-state index contributed by atoms with van der Waals surface area (Å²) < 4.78 is 5.15. The molecule has 7 nitrogen and oxygen atoms in total. The van der Waals surface area contributed by atoms with Crippen LogP contribution in [0.3, 0.4) is 0 Å². The molecule has 0 amide bonds. The molecule has 0 aromatic heterocycles. The normalized spacial score (nSPS) is 44.2. The summed E-state index contributed by atoms with van der Waals surface area (Å²) in [7, 11) is 0. The minimum atomic E-state index is -1.68. The smallest absolute Gasteiger partial charge is 0.308 e. The van der Waals surface area contributed by atoms with Gasteiger partial charge in [0.1, 0.15) is 12.2 Å². The molecule has 0 aliphatic heterocycles. The molecule has 0 spiro atoms. The number of aliphatic hydroxyl groups is 3. The molecule has 0 radical (unpaired) electrons. The lowest BCUT2D eigenvalue weighted by molar-refractivity contribution is -0.179. The molecule has 4 aliphatic rings. The van der Waals surface area contributed by atoms with Crippen molar-refractivity contribution < 1.29 is 34.4 Å². The molecule has 8 heteroatoms.